The van der Waals surface area contributed by atoms with Crippen molar-refractivity contribution in [2.45, 2.75) is 25.7 Å². The van der Waals surface area contributed by atoms with E-state index in [1.165, 1.54) is 17.4 Å². The van der Waals surface area contributed by atoms with Gasteiger partial charge in [0.2, 0.25) is 5.91 Å². The fourth-order valence-corrected chi connectivity index (χ4v) is 4.77. The van der Waals surface area contributed by atoms with Crippen molar-refractivity contribution in [3.8, 4) is 0 Å². The van der Waals surface area contributed by atoms with Crippen LogP contribution in [0, 0.1) is 5.92 Å². The van der Waals surface area contributed by atoms with Gasteiger partial charge in [0.05, 0.1) is 17.6 Å². The number of nitrogens with one attached hydrogen (secondary N) is 3. The summed E-state index contributed by atoms with van der Waals surface area (Å²) in [5.74, 6) is 1.70. The summed E-state index contributed by atoms with van der Waals surface area (Å²) >= 11 is 0. The van der Waals surface area contributed by atoms with E-state index in [1.54, 1.807) is 0 Å². The Morgan fingerprint density at radius 1 is 1.13 bits per heavy atom. The van der Waals surface area contributed by atoms with Gasteiger partial charge in [-0.3, -0.25) is 9.69 Å². The zero-order valence-electron chi connectivity index (χ0n) is 17.7. The number of nitrogens with zero attached hydrogens (tertiary/aromatic N) is 2. The van der Waals surface area contributed by atoms with Crippen LogP contribution in [0.4, 0.5) is 0 Å². The number of hydrogen-bond donors (Lipinski definition) is 3. The van der Waals surface area contributed by atoms with Crippen molar-refractivity contribution in [3.63, 3.8) is 0 Å². The Hall–Kier alpha value is -3.12. The molecule has 0 aliphatic carbocycles. The average molecular weight is 416 g/mol. The van der Waals surface area contributed by atoms with Crippen molar-refractivity contribution in [2.75, 3.05) is 26.2 Å². The van der Waals surface area contributed by atoms with Crippen LogP contribution >= 0.6 is 0 Å². The molecule has 1 saturated heterocycles. The molecule has 0 spiro atoms. The maximum absolute atomic E-state index is 12.5. The molecule has 1 fully saturated rings. The maximum atomic E-state index is 12.5. The number of likely N-dealkylation sites (tertiary alicyclic amines) is 1. The van der Waals surface area contributed by atoms with Crippen molar-refractivity contribution in [3.05, 3.63) is 66.1 Å². The first-order valence-corrected chi connectivity index (χ1v) is 11.2. The van der Waals surface area contributed by atoms with Crippen LogP contribution in [0.3, 0.4) is 0 Å². The van der Waals surface area contributed by atoms with Crippen LogP contribution in [0.1, 0.15) is 24.2 Å². The van der Waals surface area contributed by atoms with Crippen molar-refractivity contribution >= 4 is 27.8 Å². The monoisotopic (exact) mass is 415 g/mol. The quantitative estimate of drug-likeness (QED) is 0.431. The Kier molecular flexibility index (Phi) is 5.71. The van der Waals surface area contributed by atoms with Crippen LogP contribution in [0.15, 0.2) is 54.7 Å². The summed E-state index contributed by atoms with van der Waals surface area (Å²) in [6.07, 6.45) is 6.14. The third-order valence-corrected chi connectivity index (χ3v) is 6.28. The highest BCUT2D eigenvalue weighted by molar-refractivity contribution is 5.83. The van der Waals surface area contributed by atoms with Gasteiger partial charge >= 0.3 is 0 Å². The smallest absolute Gasteiger partial charge is 0.234 e. The van der Waals surface area contributed by atoms with Crippen molar-refractivity contribution < 1.29 is 4.79 Å². The number of amides is 1. The second-order valence-corrected chi connectivity index (χ2v) is 8.61. The summed E-state index contributed by atoms with van der Waals surface area (Å²) in [5.41, 5.74) is 4.52. The summed E-state index contributed by atoms with van der Waals surface area (Å²) in [7, 11) is 0. The number of rotatable bonds is 7. The van der Waals surface area contributed by atoms with Crippen LogP contribution in [0.5, 0.6) is 0 Å². The molecule has 0 unspecified atom stereocenters. The van der Waals surface area contributed by atoms with Gasteiger partial charge in [0.1, 0.15) is 5.82 Å². The minimum atomic E-state index is 0.115. The Morgan fingerprint density at radius 2 is 1.97 bits per heavy atom. The molecule has 1 aliphatic heterocycles. The molecule has 4 aromatic rings. The van der Waals surface area contributed by atoms with Crippen molar-refractivity contribution in [1.82, 2.24) is 25.2 Å². The Morgan fingerprint density at radius 3 is 2.87 bits per heavy atom. The lowest BCUT2D eigenvalue weighted by molar-refractivity contribution is -0.122. The van der Waals surface area contributed by atoms with Crippen molar-refractivity contribution in [2.24, 2.45) is 5.92 Å². The van der Waals surface area contributed by atoms with Gasteiger partial charge in [-0.05, 0) is 55.5 Å². The van der Waals surface area contributed by atoms with E-state index in [1.807, 2.05) is 30.5 Å². The summed E-state index contributed by atoms with van der Waals surface area (Å²) in [4.78, 5) is 26.3. The topological polar surface area (TPSA) is 76.8 Å². The summed E-state index contributed by atoms with van der Waals surface area (Å²) in [5, 5.41) is 4.34. The lowest BCUT2D eigenvalue weighted by Crippen LogP contribution is -2.43. The van der Waals surface area contributed by atoms with E-state index >= 15 is 0 Å². The third-order valence-electron chi connectivity index (χ3n) is 6.28. The number of benzene rings is 2. The summed E-state index contributed by atoms with van der Waals surface area (Å²) in [6, 6.07) is 16.5. The molecule has 6 nitrogen and oxygen atoms in total. The lowest BCUT2D eigenvalue weighted by atomic mass is 9.94. The van der Waals surface area contributed by atoms with Crippen LogP contribution < -0.4 is 5.32 Å². The normalized spacial score (nSPS) is 17.4. The number of carbonyl (C=O) groups is 1. The number of hydrogen-bond acceptors (Lipinski definition) is 3. The maximum Gasteiger partial charge on any atom is 0.234 e. The molecule has 2 aromatic carbocycles. The molecule has 6 heteroatoms. The Labute approximate surface area is 182 Å². The van der Waals surface area contributed by atoms with E-state index in [0.717, 1.165) is 54.7 Å². The molecule has 0 saturated carbocycles. The minimum Gasteiger partial charge on any atom is -0.361 e. The number of para-hydroxylation sites is 3. The van der Waals surface area contributed by atoms with Crippen LogP contribution in [-0.4, -0.2) is 51.9 Å². The molecule has 31 heavy (non-hydrogen) atoms. The summed E-state index contributed by atoms with van der Waals surface area (Å²) < 4.78 is 0. The molecule has 1 amide bonds. The Bertz CT molecular complexity index is 1140. The van der Waals surface area contributed by atoms with Gasteiger partial charge in [-0.15, -0.1) is 0 Å². The third kappa shape index (κ3) is 4.64. The van der Waals surface area contributed by atoms with E-state index in [0.29, 0.717) is 19.0 Å². The first-order chi connectivity index (χ1) is 15.2. The van der Waals surface area contributed by atoms with Gasteiger partial charge < -0.3 is 15.3 Å². The van der Waals surface area contributed by atoms with Gasteiger partial charge in [0.15, 0.2) is 0 Å². The second-order valence-electron chi connectivity index (χ2n) is 8.61. The predicted molar refractivity (Wildman–Crippen MR) is 124 cm³/mol. The van der Waals surface area contributed by atoms with Crippen LogP contribution in [0.25, 0.3) is 21.9 Å². The number of carbonyl (C=O) groups excluding carboxylic acids is 1. The van der Waals surface area contributed by atoms with E-state index in [4.69, 9.17) is 4.98 Å². The highest BCUT2D eigenvalue weighted by Gasteiger charge is 2.22. The molecule has 0 bridgehead atoms. The summed E-state index contributed by atoms with van der Waals surface area (Å²) in [6.45, 7) is 3.08. The highest BCUT2D eigenvalue weighted by Crippen LogP contribution is 2.21. The second kappa shape index (κ2) is 8.94. The van der Waals surface area contributed by atoms with Crippen LogP contribution in [-0.2, 0) is 17.6 Å². The standard InChI is InChI=1S/C25H29N5O/c31-25(26-12-11-19-15-27-21-8-2-1-7-20(19)21)17-30-13-5-6-18(16-30)14-24-28-22-9-3-4-10-23(22)29-24/h1-4,7-10,15,18,27H,5-6,11-14,16-17H2,(H,26,31)(H,28,29)/t18-/m0/s1. The van der Waals surface area contributed by atoms with Gasteiger partial charge in [-0.1, -0.05) is 30.3 Å². The van der Waals surface area contributed by atoms with Gasteiger partial charge in [0, 0.05) is 36.6 Å². The first kappa shape index (κ1) is 19.8. The number of aromatic amines is 2. The molecule has 0 radical (unpaired) electrons. The number of aromatic nitrogens is 3. The van der Waals surface area contributed by atoms with Crippen LogP contribution in [0.2, 0.25) is 0 Å². The fourth-order valence-electron chi connectivity index (χ4n) is 4.77. The fraction of sp³-hybridized carbons (Fsp3) is 0.360. The van der Waals surface area contributed by atoms with E-state index in [-0.39, 0.29) is 5.91 Å². The van der Waals surface area contributed by atoms with Gasteiger partial charge in [-0.25, -0.2) is 4.98 Å². The number of H-pyrrole nitrogens is 2. The molecular weight excluding hydrogens is 386 g/mol. The van der Waals surface area contributed by atoms with Gasteiger partial charge in [-0.2, -0.15) is 0 Å². The average Bonchev–Trinajstić information content (AvgIpc) is 3.37. The largest absolute Gasteiger partial charge is 0.361 e. The predicted octanol–water partition coefficient (Wildman–Crippen LogP) is 3.66. The molecule has 3 N–H and O–H groups in total. The zero-order valence-corrected chi connectivity index (χ0v) is 17.7. The first-order valence-electron chi connectivity index (χ1n) is 11.2. The Balaban J connectivity index is 1.10. The molecule has 1 aliphatic rings. The number of fused-ring (bicyclic) bond motifs is 2. The van der Waals surface area contributed by atoms with E-state index < -0.39 is 0 Å². The lowest BCUT2D eigenvalue weighted by Gasteiger charge is -2.31. The SMILES string of the molecule is O=C(CN1CCC[C@@H](Cc2nc3ccccc3[nH]2)C1)NCCc1c[nH]c2ccccc12. The van der Waals surface area contributed by atoms with E-state index in [9.17, 15) is 4.79 Å². The minimum absolute atomic E-state index is 0.115. The number of piperidine rings is 1. The molecule has 2 aromatic heterocycles. The molecule has 3 heterocycles. The highest BCUT2D eigenvalue weighted by atomic mass is 16.2. The zero-order chi connectivity index (χ0) is 21.0. The molecule has 5 rings (SSSR count). The van der Waals surface area contributed by atoms with Gasteiger partial charge in [0.25, 0.3) is 0 Å². The molecular formula is C25H29N5O. The van der Waals surface area contributed by atoms with Crippen molar-refractivity contribution in [1.29, 1.82) is 0 Å². The van der Waals surface area contributed by atoms with E-state index in [2.05, 4.69) is 44.5 Å². The number of imidazole rings is 1. The molecule has 160 valence electrons. The molecule has 1 atom stereocenters.